The first-order valence-corrected chi connectivity index (χ1v) is 7.53. The summed E-state index contributed by atoms with van der Waals surface area (Å²) in [6.07, 6.45) is 0.630. The van der Waals surface area contributed by atoms with Gasteiger partial charge >= 0.3 is 0 Å². The van der Waals surface area contributed by atoms with Crippen molar-refractivity contribution in [3.8, 4) is 0 Å². The van der Waals surface area contributed by atoms with Crippen molar-refractivity contribution in [2.75, 3.05) is 0 Å². The Morgan fingerprint density at radius 1 is 1.00 bits per heavy atom. The quantitative estimate of drug-likeness (QED) is 0.889. The van der Waals surface area contributed by atoms with Crippen LogP contribution < -0.4 is 11.5 Å². The van der Waals surface area contributed by atoms with Gasteiger partial charge in [-0.05, 0) is 35.2 Å². The van der Waals surface area contributed by atoms with Gasteiger partial charge in [-0.3, -0.25) is 14.5 Å². The number of carbonyl (C=O) groups excluding carboxylic acids is 2. The molecule has 23 heavy (non-hydrogen) atoms. The third-order valence-electron chi connectivity index (χ3n) is 4.30. The van der Waals surface area contributed by atoms with E-state index in [0.717, 1.165) is 5.56 Å². The molecule has 0 saturated heterocycles. The minimum absolute atomic E-state index is 0.312. The van der Waals surface area contributed by atoms with E-state index in [-0.39, 0.29) is 11.9 Å². The molecule has 1 aliphatic heterocycles. The molecule has 4 N–H and O–H groups in total. The van der Waals surface area contributed by atoms with Crippen LogP contribution in [0.2, 0.25) is 0 Å². The molecular formula is C18H19N3O2. The van der Waals surface area contributed by atoms with Crippen molar-refractivity contribution < 1.29 is 9.59 Å². The number of nitrogens with zero attached hydrogens (tertiary/aromatic N) is 1. The van der Waals surface area contributed by atoms with Crippen molar-refractivity contribution >= 4 is 11.8 Å². The maximum Gasteiger partial charge on any atom is 0.248 e. The van der Waals surface area contributed by atoms with E-state index < -0.39 is 5.91 Å². The summed E-state index contributed by atoms with van der Waals surface area (Å²) in [4.78, 5) is 25.0. The molecule has 0 radical (unpaired) electrons. The summed E-state index contributed by atoms with van der Waals surface area (Å²) in [7, 11) is 0. The monoisotopic (exact) mass is 309 g/mol. The highest BCUT2D eigenvalue weighted by Crippen LogP contribution is 2.25. The number of hydrogen-bond acceptors (Lipinski definition) is 3. The Labute approximate surface area is 134 Å². The lowest BCUT2D eigenvalue weighted by molar-refractivity contribution is -0.124. The number of nitrogens with two attached hydrogens (primary N) is 2. The molecule has 1 aliphatic rings. The molecule has 3 rings (SSSR count). The SMILES string of the molecule is NC(=O)c1ccc(CN2Cc3ccccc3C[C@@H]2C(N)=O)cc1. The number of benzene rings is 2. The molecule has 0 unspecified atom stereocenters. The van der Waals surface area contributed by atoms with Gasteiger partial charge in [0.05, 0.1) is 6.04 Å². The van der Waals surface area contributed by atoms with Crippen molar-refractivity contribution in [3.05, 3.63) is 70.8 Å². The number of fused-ring (bicyclic) bond motifs is 1. The van der Waals surface area contributed by atoms with Crippen molar-refractivity contribution in [2.45, 2.75) is 25.6 Å². The minimum Gasteiger partial charge on any atom is -0.368 e. The zero-order valence-corrected chi connectivity index (χ0v) is 12.7. The zero-order valence-electron chi connectivity index (χ0n) is 12.7. The predicted octanol–water partition coefficient (Wildman–Crippen LogP) is 1.20. The topological polar surface area (TPSA) is 89.4 Å². The molecule has 0 fully saturated rings. The molecular weight excluding hydrogens is 290 g/mol. The molecule has 2 aromatic carbocycles. The molecule has 118 valence electrons. The summed E-state index contributed by atoms with van der Waals surface area (Å²) in [5.74, 6) is -0.758. The second kappa shape index (κ2) is 6.22. The van der Waals surface area contributed by atoms with Crippen molar-refractivity contribution in [1.29, 1.82) is 0 Å². The molecule has 0 aromatic heterocycles. The predicted molar refractivity (Wildman–Crippen MR) is 87.3 cm³/mol. The summed E-state index contributed by atoms with van der Waals surface area (Å²) in [6, 6.07) is 14.9. The van der Waals surface area contributed by atoms with Crippen LogP contribution in [0.3, 0.4) is 0 Å². The van der Waals surface area contributed by atoms with E-state index in [1.54, 1.807) is 12.1 Å². The molecule has 0 spiro atoms. The van der Waals surface area contributed by atoms with Crippen LogP contribution in [-0.4, -0.2) is 22.8 Å². The molecule has 1 atom stereocenters. The van der Waals surface area contributed by atoms with Crippen molar-refractivity contribution in [2.24, 2.45) is 11.5 Å². The first-order chi connectivity index (χ1) is 11.0. The highest BCUT2D eigenvalue weighted by Gasteiger charge is 2.29. The van der Waals surface area contributed by atoms with Crippen molar-refractivity contribution in [3.63, 3.8) is 0 Å². The van der Waals surface area contributed by atoms with E-state index >= 15 is 0 Å². The maximum absolute atomic E-state index is 11.8. The third kappa shape index (κ3) is 3.24. The summed E-state index contributed by atoms with van der Waals surface area (Å²) in [5, 5.41) is 0. The van der Waals surface area contributed by atoms with Crippen LogP contribution in [-0.2, 0) is 24.3 Å². The van der Waals surface area contributed by atoms with Crippen LogP contribution in [0.25, 0.3) is 0 Å². The first-order valence-electron chi connectivity index (χ1n) is 7.53. The molecule has 2 aromatic rings. The largest absolute Gasteiger partial charge is 0.368 e. The molecule has 5 heteroatoms. The van der Waals surface area contributed by atoms with Gasteiger partial charge < -0.3 is 11.5 Å². The molecule has 0 bridgehead atoms. The highest BCUT2D eigenvalue weighted by molar-refractivity contribution is 5.92. The molecule has 1 heterocycles. The van der Waals surface area contributed by atoms with Gasteiger partial charge in [0, 0.05) is 18.7 Å². The fraction of sp³-hybridized carbons (Fsp3) is 0.222. The van der Waals surface area contributed by atoms with Crippen LogP contribution in [0.15, 0.2) is 48.5 Å². The van der Waals surface area contributed by atoms with Crippen LogP contribution in [0.1, 0.15) is 27.0 Å². The van der Waals surface area contributed by atoms with E-state index in [4.69, 9.17) is 11.5 Å². The number of hydrogen-bond donors (Lipinski definition) is 2. The summed E-state index contributed by atoms with van der Waals surface area (Å²) in [6.45, 7) is 1.28. The minimum atomic E-state index is -0.446. The Bertz CT molecular complexity index is 740. The number of carbonyl (C=O) groups is 2. The van der Waals surface area contributed by atoms with Crippen LogP contribution in [0.5, 0.6) is 0 Å². The van der Waals surface area contributed by atoms with Crippen molar-refractivity contribution in [1.82, 2.24) is 4.90 Å². The second-order valence-corrected chi connectivity index (χ2v) is 5.86. The first kappa shape index (κ1) is 15.2. The Morgan fingerprint density at radius 3 is 2.26 bits per heavy atom. The lowest BCUT2D eigenvalue weighted by Crippen LogP contribution is -2.48. The van der Waals surface area contributed by atoms with Crippen LogP contribution in [0, 0.1) is 0 Å². The average Bonchev–Trinajstić information content (AvgIpc) is 2.54. The van der Waals surface area contributed by atoms with Gasteiger partial charge in [0.2, 0.25) is 11.8 Å². The Balaban J connectivity index is 1.82. The fourth-order valence-electron chi connectivity index (χ4n) is 3.03. The van der Waals surface area contributed by atoms with Gasteiger partial charge in [-0.1, -0.05) is 36.4 Å². The van der Waals surface area contributed by atoms with E-state index in [1.165, 1.54) is 11.1 Å². The summed E-state index contributed by atoms with van der Waals surface area (Å²) in [5.41, 5.74) is 14.7. The Morgan fingerprint density at radius 2 is 1.65 bits per heavy atom. The molecule has 0 aliphatic carbocycles. The number of rotatable bonds is 4. The van der Waals surface area contributed by atoms with Gasteiger partial charge in [-0.25, -0.2) is 0 Å². The van der Waals surface area contributed by atoms with E-state index in [2.05, 4.69) is 11.0 Å². The normalized spacial score (nSPS) is 17.5. The van der Waals surface area contributed by atoms with E-state index in [1.807, 2.05) is 30.3 Å². The second-order valence-electron chi connectivity index (χ2n) is 5.86. The Kier molecular flexibility index (Phi) is 4.12. The van der Waals surface area contributed by atoms with Crippen LogP contribution >= 0.6 is 0 Å². The zero-order chi connectivity index (χ0) is 16.4. The van der Waals surface area contributed by atoms with E-state index in [0.29, 0.717) is 25.1 Å². The van der Waals surface area contributed by atoms with Gasteiger partial charge in [-0.2, -0.15) is 0 Å². The maximum atomic E-state index is 11.8. The number of amides is 2. The molecule has 2 amide bonds. The van der Waals surface area contributed by atoms with E-state index in [9.17, 15) is 9.59 Å². The van der Waals surface area contributed by atoms with Gasteiger partial charge in [-0.15, -0.1) is 0 Å². The van der Waals surface area contributed by atoms with Gasteiger partial charge in [0.15, 0.2) is 0 Å². The molecule has 5 nitrogen and oxygen atoms in total. The lowest BCUT2D eigenvalue weighted by Gasteiger charge is -2.35. The third-order valence-corrected chi connectivity index (χ3v) is 4.30. The summed E-state index contributed by atoms with van der Waals surface area (Å²) < 4.78 is 0. The average molecular weight is 309 g/mol. The number of primary amides is 2. The van der Waals surface area contributed by atoms with Crippen LogP contribution in [0.4, 0.5) is 0 Å². The smallest absolute Gasteiger partial charge is 0.248 e. The Hall–Kier alpha value is -2.66. The fourth-order valence-corrected chi connectivity index (χ4v) is 3.03. The molecule has 0 saturated carbocycles. The standard InChI is InChI=1S/C18H19N3O2/c19-17(22)13-7-5-12(6-8-13)10-21-11-15-4-2-1-3-14(15)9-16(21)18(20)23/h1-8,16H,9-11H2,(H2,19,22)(H2,20,23)/t16-/m1/s1. The van der Waals surface area contributed by atoms with Gasteiger partial charge in [0.25, 0.3) is 0 Å². The van der Waals surface area contributed by atoms with Gasteiger partial charge in [0.1, 0.15) is 0 Å². The summed E-state index contributed by atoms with van der Waals surface area (Å²) >= 11 is 0. The highest BCUT2D eigenvalue weighted by atomic mass is 16.1. The lowest BCUT2D eigenvalue weighted by atomic mass is 9.93.